The van der Waals surface area contributed by atoms with E-state index < -0.39 is 20.0 Å². The quantitative estimate of drug-likeness (QED) is 0.612. The van der Waals surface area contributed by atoms with Gasteiger partial charge in [0.05, 0.1) is 9.79 Å². The molecule has 2 fully saturated rings. The third-order valence-corrected chi connectivity index (χ3v) is 7.36. The summed E-state index contributed by atoms with van der Waals surface area (Å²) in [6, 6.07) is 5.35. The predicted octanol–water partition coefficient (Wildman–Crippen LogP) is 0.405. The molecule has 3 N–H and O–H groups in total. The Morgan fingerprint density at radius 3 is 2.12 bits per heavy atom. The smallest absolute Gasteiger partial charge is 0.240 e. The van der Waals surface area contributed by atoms with Gasteiger partial charge in [-0.1, -0.05) is 0 Å². The maximum atomic E-state index is 12.3. The molecule has 9 heteroatoms. The van der Waals surface area contributed by atoms with Gasteiger partial charge in [0, 0.05) is 12.6 Å². The van der Waals surface area contributed by atoms with Gasteiger partial charge in [0.15, 0.2) is 0 Å². The Morgan fingerprint density at radius 2 is 1.58 bits per heavy atom. The van der Waals surface area contributed by atoms with E-state index in [1.54, 1.807) is 0 Å². The van der Waals surface area contributed by atoms with Crippen molar-refractivity contribution in [3.8, 4) is 0 Å². The Labute approximate surface area is 143 Å². The Kier molecular flexibility index (Phi) is 5.26. The molecule has 1 saturated heterocycles. The van der Waals surface area contributed by atoms with Crippen LogP contribution in [0.2, 0.25) is 0 Å². The minimum absolute atomic E-state index is 0.0187. The summed E-state index contributed by atoms with van der Waals surface area (Å²) in [6.45, 7) is 2.31. The van der Waals surface area contributed by atoms with Crippen LogP contribution in [0.15, 0.2) is 34.1 Å². The van der Waals surface area contributed by atoms with E-state index in [2.05, 4.69) is 14.8 Å². The highest BCUT2D eigenvalue weighted by Gasteiger charge is 2.28. The van der Waals surface area contributed by atoms with E-state index in [0.717, 1.165) is 38.8 Å². The normalized spacial score (nSPS) is 21.9. The lowest BCUT2D eigenvalue weighted by Gasteiger charge is -2.11. The van der Waals surface area contributed by atoms with Gasteiger partial charge >= 0.3 is 0 Å². The fourth-order valence-electron chi connectivity index (χ4n) is 2.73. The molecule has 0 amide bonds. The van der Waals surface area contributed by atoms with Crippen LogP contribution in [0.4, 0.5) is 0 Å². The first kappa shape index (κ1) is 17.8. The van der Waals surface area contributed by atoms with Crippen LogP contribution in [0, 0.1) is 5.92 Å². The van der Waals surface area contributed by atoms with E-state index in [1.165, 1.54) is 24.3 Å². The third kappa shape index (κ3) is 4.54. The lowest BCUT2D eigenvalue weighted by molar-refractivity contribution is 0.519. The molecule has 1 saturated carbocycles. The van der Waals surface area contributed by atoms with Crippen molar-refractivity contribution in [1.82, 2.24) is 14.8 Å². The fraction of sp³-hybridized carbons (Fsp3) is 0.600. The van der Waals surface area contributed by atoms with Crippen molar-refractivity contribution in [3.05, 3.63) is 24.3 Å². The van der Waals surface area contributed by atoms with Crippen molar-refractivity contribution in [3.63, 3.8) is 0 Å². The average Bonchev–Trinajstić information content (AvgIpc) is 3.18. The topological polar surface area (TPSA) is 104 Å². The molecule has 0 aromatic heterocycles. The Morgan fingerprint density at radius 1 is 0.958 bits per heavy atom. The van der Waals surface area contributed by atoms with E-state index in [9.17, 15) is 16.8 Å². The molecule has 24 heavy (non-hydrogen) atoms. The molecule has 1 aromatic carbocycles. The molecule has 0 bridgehead atoms. The number of sulfonamides is 2. The monoisotopic (exact) mass is 373 g/mol. The number of hydrogen-bond donors (Lipinski definition) is 3. The van der Waals surface area contributed by atoms with Gasteiger partial charge in [0.1, 0.15) is 0 Å². The van der Waals surface area contributed by atoms with Crippen LogP contribution >= 0.6 is 0 Å². The molecule has 1 atom stereocenters. The second-order valence-corrected chi connectivity index (χ2v) is 9.89. The zero-order valence-electron chi connectivity index (χ0n) is 13.4. The molecular formula is C15H23N3O4S2. The van der Waals surface area contributed by atoms with E-state index in [0.29, 0.717) is 12.5 Å². The summed E-state index contributed by atoms with van der Waals surface area (Å²) in [5.74, 6) is 0.508. The third-order valence-electron chi connectivity index (χ3n) is 4.35. The minimum Gasteiger partial charge on any atom is -0.316 e. The van der Waals surface area contributed by atoms with Crippen molar-refractivity contribution >= 4 is 20.0 Å². The Bertz CT molecular complexity index is 765. The van der Waals surface area contributed by atoms with E-state index in [4.69, 9.17) is 0 Å². The zero-order chi connectivity index (χ0) is 17.2. The number of rotatable bonds is 8. The molecule has 7 nitrogen and oxygen atoms in total. The summed E-state index contributed by atoms with van der Waals surface area (Å²) >= 11 is 0. The molecule has 3 rings (SSSR count). The standard InChI is InChI=1S/C15H23N3O4S2/c19-23(20,17-10-8-12-7-9-16-11-12)14-3-5-15(6-4-14)24(21,22)18-13-1-2-13/h3-6,12-13,16-18H,1-2,7-11H2. The average molecular weight is 374 g/mol. The van der Waals surface area contributed by atoms with Crippen molar-refractivity contribution in [2.45, 2.75) is 41.5 Å². The second kappa shape index (κ2) is 7.09. The van der Waals surface area contributed by atoms with Crippen LogP contribution in [0.1, 0.15) is 25.7 Å². The molecular weight excluding hydrogens is 350 g/mol. The van der Waals surface area contributed by atoms with Gasteiger partial charge < -0.3 is 5.32 Å². The lowest BCUT2D eigenvalue weighted by Crippen LogP contribution is -2.27. The first-order valence-electron chi connectivity index (χ1n) is 8.20. The first-order valence-corrected chi connectivity index (χ1v) is 11.2. The minimum atomic E-state index is -3.61. The zero-order valence-corrected chi connectivity index (χ0v) is 15.0. The van der Waals surface area contributed by atoms with Gasteiger partial charge in [-0.2, -0.15) is 0 Å². The van der Waals surface area contributed by atoms with Gasteiger partial charge in [-0.3, -0.25) is 0 Å². The molecule has 0 spiro atoms. The summed E-state index contributed by atoms with van der Waals surface area (Å²) in [4.78, 5) is 0.169. The van der Waals surface area contributed by atoms with Gasteiger partial charge in [-0.15, -0.1) is 0 Å². The summed E-state index contributed by atoms with van der Waals surface area (Å²) in [5, 5.41) is 3.25. The lowest BCUT2D eigenvalue weighted by atomic mass is 10.1. The number of hydrogen-bond acceptors (Lipinski definition) is 5. The number of benzene rings is 1. The van der Waals surface area contributed by atoms with E-state index in [-0.39, 0.29) is 15.8 Å². The Hall–Kier alpha value is -1.00. The van der Waals surface area contributed by atoms with Crippen molar-refractivity contribution in [2.75, 3.05) is 19.6 Å². The molecule has 1 aliphatic carbocycles. The SMILES string of the molecule is O=S(=O)(NCCC1CCNC1)c1ccc(S(=O)(=O)NC2CC2)cc1. The predicted molar refractivity (Wildman–Crippen MR) is 90.6 cm³/mol. The summed E-state index contributed by atoms with van der Waals surface area (Å²) in [5.41, 5.74) is 0. The molecule has 1 heterocycles. The largest absolute Gasteiger partial charge is 0.316 e. The molecule has 0 radical (unpaired) electrons. The van der Waals surface area contributed by atoms with E-state index >= 15 is 0 Å². The molecule has 1 aromatic rings. The van der Waals surface area contributed by atoms with Crippen LogP contribution in [0.25, 0.3) is 0 Å². The molecule has 2 aliphatic rings. The summed E-state index contributed by atoms with van der Waals surface area (Å²) < 4.78 is 53.8. The highest BCUT2D eigenvalue weighted by molar-refractivity contribution is 7.90. The molecule has 1 aliphatic heterocycles. The van der Waals surface area contributed by atoms with Crippen LogP contribution in [-0.2, 0) is 20.0 Å². The first-order chi connectivity index (χ1) is 11.4. The van der Waals surface area contributed by atoms with Crippen LogP contribution in [0.5, 0.6) is 0 Å². The highest BCUT2D eigenvalue weighted by Crippen LogP contribution is 2.22. The fourth-order valence-corrected chi connectivity index (χ4v) is 5.08. The van der Waals surface area contributed by atoms with Crippen molar-refractivity contribution in [1.29, 1.82) is 0 Å². The second-order valence-electron chi connectivity index (χ2n) is 6.41. The maximum absolute atomic E-state index is 12.3. The van der Waals surface area contributed by atoms with E-state index in [1.807, 2.05) is 0 Å². The Balaban J connectivity index is 1.60. The summed E-state index contributed by atoms with van der Waals surface area (Å²) in [7, 11) is -7.17. The summed E-state index contributed by atoms with van der Waals surface area (Å²) in [6.07, 6.45) is 3.57. The van der Waals surface area contributed by atoms with Crippen LogP contribution in [0.3, 0.4) is 0 Å². The molecule has 1 unspecified atom stereocenters. The van der Waals surface area contributed by atoms with Gasteiger partial charge in [0.2, 0.25) is 20.0 Å². The van der Waals surface area contributed by atoms with Crippen molar-refractivity contribution < 1.29 is 16.8 Å². The van der Waals surface area contributed by atoms with Gasteiger partial charge in [-0.25, -0.2) is 26.3 Å². The van der Waals surface area contributed by atoms with Crippen LogP contribution < -0.4 is 14.8 Å². The van der Waals surface area contributed by atoms with Gasteiger partial charge in [0.25, 0.3) is 0 Å². The van der Waals surface area contributed by atoms with Crippen LogP contribution in [-0.4, -0.2) is 42.5 Å². The number of nitrogens with one attached hydrogen (secondary N) is 3. The maximum Gasteiger partial charge on any atom is 0.240 e. The highest BCUT2D eigenvalue weighted by atomic mass is 32.2. The molecule has 134 valence electrons. The van der Waals surface area contributed by atoms with Gasteiger partial charge in [-0.05, 0) is 69.0 Å². The van der Waals surface area contributed by atoms with Crippen molar-refractivity contribution in [2.24, 2.45) is 5.92 Å².